The maximum Gasteiger partial charge on any atom is 0.159 e. The summed E-state index contributed by atoms with van der Waals surface area (Å²) in [4.78, 5) is 4.71. The number of likely N-dealkylation sites (tertiary alicyclic amines) is 1. The fraction of sp³-hybridized carbons (Fsp3) is 0.625. The van der Waals surface area contributed by atoms with Crippen molar-refractivity contribution in [3.8, 4) is 0 Å². The van der Waals surface area contributed by atoms with Gasteiger partial charge in [0.05, 0.1) is 18.9 Å². The number of piperidine rings is 1. The lowest BCUT2D eigenvalue weighted by Crippen LogP contribution is -2.42. The SMILES string of the molecule is CC(C)c1nn(C)c(N2CCOCC2)c1CNC1CCN(Cc2ccc(F)c(F)c2)CC1. The molecule has 6 nitrogen and oxygen atoms in total. The molecule has 2 aromatic rings. The number of hydrogen-bond acceptors (Lipinski definition) is 5. The second-order valence-electron chi connectivity index (χ2n) is 9.24. The Hall–Kier alpha value is -2.03. The van der Waals surface area contributed by atoms with Crippen molar-refractivity contribution in [1.29, 1.82) is 0 Å². The van der Waals surface area contributed by atoms with Gasteiger partial charge >= 0.3 is 0 Å². The van der Waals surface area contributed by atoms with E-state index in [1.807, 2.05) is 11.7 Å². The molecule has 2 fully saturated rings. The first-order chi connectivity index (χ1) is 15.4. The van der Waals surface area contributed by atoms with E-state index in [0.717, 1.165) is 70.0 Å². The highest BCUT2D eigenvalue weighted by Gasteiger charge is 2.26. The molecule has 1 N–H and O–H groups in total. The number of nitrogens with one attached hydrogen (secondary N) is 1. The van der Waals surface area contributed by atoms with E-state index in [9.17, 15) is 8.78 Å². The molecule has 2 aliphatic rings. The number of aromatic nitrogens is 2. The van der Waals surface area contributed by atoms with Crippen LogP contribution in [0.4, 0.5) is 14.6 Å². The molecule has 1 aromatic heterocycles. The molecule has 8 heteroatoms. The molecule has 32 heavy (non-hydrogen) atoms. The largest absolute Gasteiger partial charge is 0.378 e. The molecule has 4 rings (SSSR count). The molecule has 0 atom stereocenters. The Morgan fingerprint density at radius 3 is 2.47 bits per heavy atom. The second kappa shape index (κ2) is 10.3. The number of halogens is 2. The quantitative estimate of drug-likeness (QED) is 0.705. The fourth-order valence-electron chi connectivity index (χ4n) is 4.82. The summed E-state index contributed by atoms with van der Waals surface area (Å²) in [5.74, 6) is 0.0165. The van der Waals surface area contributed by atoms with Crippen LogP contribution in [0, 0.1) is 11.6 Å². The Kier molecular flexibility index (Phi) is 7.43. The number of aryl methyl sites for hydroxylation is 1. The lowest BCUT2D eigenvalue weighted by molar-refractivity contribution is 0.122. The van der Waals surface area contributed by atoms with Crippen molar-refractivity contribution in [2.75, 3.05) is 44.3 Å². The molecule has 0 radical (unpaired) electrons. The van der Waals surface area contributed by atoms with Crippen LogP contribution >= 0.6 is 0 Å². The van der Waals surface area contributed by atoms with Gasteiger partial charge in [-0.1, -0.05) is 19.9 Å². The summed E-state index contributed by atoms with van der Waals surface area (Å²) in [5.41, 5.74) is 3.29. The van der Waals surface area contributed by atoms with Gasteiger partial charge in [0.25, 0.3) is 0 Å². The molecule has 3 heterocycles. The third kappa shape index (κ3) is 5.30. The van der Waals surface area contributed by atoms with Crippen molar-refractivity contribution in [2.45, 2.75) is 51.7 Å². The maximum absolute atomic E-state index is 13.5. The Labute approximate surface area is 189 Å². The second-order valence-corrected chi connectivity index (χ2v) is 9.24. The van der Waals surface area contributed by atoms with Crippen LogP contribution in [0.2, 0.25) is 0 Å². The first-order valence-electron chi connectivity index (χ1n) is 11.7. The zero-order valence-electron chi connectivity index (χ0n) is 19.4. The van der Waals surface area contributed by atoms with Crippen LogP contribution in [0.5, 0.6) is 0 Å². The molecule has 2 aliphatic heterocycles. The Morgan fingerprint density at radius 2 is 1.81 bits per heavy atom. The van der Waals surface area contributed by atoms with E-state index in [-0.39, 0.29) is 0 Å². The van der Waals surface area contributed by atoms with Gasteiger partial charge < -0.3 is 15.0 Å². The molecule has 0 amide bonds. The summed E-state index contributed by atoms with van der Waals surface area (Å²) in [6.07, 6.45) is 2.07. The number of benzene rings is 1. The van der Waals surface area contributed by atoms with E-state index in [0.29, 0.717) is 18.5 Å². The van der Waals surface area contributed by atoms with Crippen molar-refractivity contribution >= 4 is 5.82 Å². The van der Waals surface area contributed by atoms with Crippen LogP contribution < -0.4 is 10.2 Å². The minimum atomic E-state index is -0.788. The van der Waals surface area contributed by atoms with Gasteiger partial charge in [-0.25, -0.2) is 8.78 Å². The minimum Gasteiger partial charge on any atom is -0.378 e. The zero-order valence-corrected chi connectivity index (χ0v) is 19.4. The van der Waals surface area contributed by atoms with Gasteiger partial charge in [0, 0.05) is 44.8 Å². The molecule has 2 saturated heterocycles. The number of rotatable bonds is 7. The van der Waals surface area contributed by atoms with Crippen LogP contribution in [0.25, 0.3) is 0 Å². The fourth-order valence-corrected chi connectivity index (χ4v) is 4.82. The van der Waals surface area contributed by atoms with Crippen LogP contribution in [0.15, 0.2) is 18.2 Å². The van der Waals surface area contributed by atoms with E-state index in [1.54, 1.807) is 6.07 Å². The van der Waals surface area contributed by atoms with Crippen LogP contribution in [-0.4, -0.2) is 60.1 Å². The van der Waals surface area contributed by atoms with Gasteiger partial charge in [0.2, 0.25) is 0 Å². The van der Waals surface area contributed by atoms with Gasteiger partial charge in [0.1, 0.15) is 5.82 Å². The summed E-state index contributed by atoms with van der Waals surface area (Å²) in [7, 11) is 2.04. The third-order valence-corrected chi connectivity index (χ3v) is 6.55. The Bertz CT molecular complexity index is 902. The summed E-state index contributed by atoms with van der Waals surface area (Å²) >= 11 is 0. The molecule has 176 valence electrons. The van der Waals surface area contributed by atoms with Gasteiger partial charge in [-0.2, -0.15) is 5.10 Å². The zero-order chi connectivity index (χ0) is 22.7. The number of nitrogens with zero attached hydrogens (tertiary/aromatic N) is 4. The van der Waals surface area contributed by atoms with Crippen molar-refractivity contribution in [1.82, 2.24) is 20.0 Å². The smallest absolute Gasteiger partial charge is 0.159 e. The molecule has 0 saturated carbocycles. The van der Waals surface area contributed by atoms with Crippen molar-refractivity contribution in [3.63, 3.8) is 0 Å². The topological polar surface area (TPSA) is 45.6 Å². The average molecular weight is 448 g/mol. The third-order valence-electron chi connectivity index (χ3n) is 6.55. The van der Waals surface area contributed by atoms with Crippen LogP contribution in [0.1, 0.15) is 49.4 Å². The number of anilines is 1. The number of morpholine rings is 1. The van der Waals surface area contributed by atoms with E-state index in [2.05, 4.69) is 29.0 Å². The van der Waals surface area contributed by atoms with E-state index in [4.69, 9.17) is 9.84 Å². The molecule has 1 aromatic carbocycles. The lowest BCUT2D eigenvalue weighted by atomic mass is 10.0. The average Bonchev–Trinajstić information content (AvgIpc) is 3.13. The predicted molar refractivity (Wildman–Crippen MR) is 122 cm³/mol. The standard InChI is InChI=1S/C24H35F2N5O/c1-17(2)23-20(24(29(3)28-23)31-10-12-32-13-11-31)15-27-19-6-8-30(9-7-19)16-18-4-5-21(25)22(26)14-18/h4-5,14,17,19,27H,6-13,15-16H2,1-3H3. The molecular weight excluding hydrogens is 412 g/mol. The molecule has 0 spiro atoms. The highest BCUT2D eigenvalue weighted by molar-refractivity contribution is 5.51. The molecule has 0 aliphatic carbocycles. The van der Waals surface area contributed by atoms with Gasteiger partial charge in [-0.3, -0.25) is 9.58 Å². The summed E-state index contributed by atoms with van der Waals surface area (Å²) in [6, 6.07) is 4.63. The number of ether oxygens (including phenoxy) is 1. The highest BCUT2D eigenvalue weighted by atomic mass is 19.2. The monoisotopic (exact) mass is 447 g/mol. The minimum absolute atomic E-state index is 0.366. The van der Waals surface area contributed by atoms with Crippen molar-refractivity contribution in [2.24, 2.45) is 7.05 Å². The van der Waals surface area contributed by atoms with E-state index < -0.39 is 11.6 Å². The Morgan fingerprint density at radius 1 is 1.09 bits per heavy atom. The summed E-state index contributed by atoms with van der Waals surface area (Å²) < 4.78 is 34.2. The maximum atomic E-state index is 13.5. The Balaban J connectivity index is 1.35. The lowest BCUT2D eigenvalue weighted by Gasteiger charge is -2.33. The normalized spacial score (nSPS) is 18.6. The molecular formula is C24H35F2N5O. The summed E-state index contributed by atoms with van der Waals surface area (Å²) in [6.45, 7) is 11.1. The molecule has 0 bridgehead atoms. The summed E-state index contributed by atoms with van der Waals surface area (Å²) in [5, 5.41) is 8.63. The predicted octanol–water partition coefficient (Wildman–Crippen LogP) is 3.41. The highest BCUT2D eigenvalue weighted by Crippen LogP contribution is 2.29. The van der Waals surface area contributed by atoms with E-state index >= 15 is 0 Å². The van der Waals surface area contributed by atoms with Gasteiger partial charge in [0.15, 0.2) is 11.6 Å². The molecule has 0 unspecified atom stereocenters. The van der Waals surface area contributed by atoms with Crippen LogP contribution in [-0.2, 0) is 24.9 Å². The van der Waals surface area contributed by atoms with Crippen molar-refractivity contribution < 1.29 is 13.5 Å². The first-order valence-corrected chi connectivity index (χ1v) is 11.7. The van der Waals surface area contributed by atoms with Gasteiger partial charge in [-0.05, 0) is 49.5 Å². The number of hydrogen-bond donors (Lipinski definition) is 1. The van der Waals surface area contributed by atoms with Gasteiger partial charge in [-0.15, -0.1) is 0 Å². The van der Waals surface area contributed by atoms with E-state index in [1.165, 1.54) is 23.5 Å². The van der Waals surface area contributed by atoms with Crippen molar-refractivity contribution in [3.05, 3.63) is 46.7 Å². The first kappa shape index (κ1) is 23.1. The van der Waals surface area contributed by atoms with Crippen LogP contribution in [0.3, 0.4) is 0 Å².